The topological polar surface area (TPSA) is 52.6 Å². The number of allylic oxidation sites excluding steroid dienone is 4. The highest BCUT2D eigenvalue weighted by molar-refractivity contribution is 6.30. The number of hydrogen-bond acceptors (Lipinski definition) is 4. The molecule has 5 heteroatoms. The van der Waals surface area contributed by atoms with Crippen molar-refractivity contribution in [2.24, 2.45) is 5.41 Å². The summed E-state index contributed by atoms with van der Waals surface area (Å²) in [6.07, 6.45) is 7.42. The normalized spacial score (nSPS) is 14.7. The molecule has 0 unspecified atom stereocenters. The first kappa shape index (κ1) is 27.1. The van der Waals surface area contributed by atoms with Crippen LogP contribution < -0.4 is 4.74 Å². The maximum atomic E-state index is 12.7. The number of esters is 1. The Kier molecular flexibility index (Phi) is 9.88. The molecule has 0 radical (unpaired) electrons. The number of carbonyl (C=O) groups excluding carboxylic acids is 2. The Morgan fingerprint density at radius 1 is 1.12 bits per heavy atom. The van der Waals surface area contributed by atoms with Gasteiger partial charge in [-0.25, -0.2) is 4.79 Å². The van der Waals surface area contributed by atoms with Gasteiger partial charge in [0.15, 0.2) is 5.78 Å². The van der Waals surface area contributed by atoms with Crippen LogP contribution in [0.15, 0.2) is 72.3 Å². The van der Waals surface area contributed by atoms with Crippen LogP contribution in [0.5, 0.6) is 5.75 Å². The third-order valence-corrected chi connectivity index (χ3v) is 5.29. The van der Waals surface area contributed by atoms with Gasteiger partial charge in [0.25, 0.3) is 0 Å². The van der Waals surface area contributed by atoms with Gasteiger partial charge >= 0.3 is 5.97 Å². The maximum Gasteiger partial charge on any atom is 0.330 e. The predicted octanol–water partition coefficient (Wildman–Crippen LogP) is 7.46. The number of hydrogen-bond donors (Lipinski definition) is 0. The summed E-state index contributed by atoms with van der Waals surface area (Å²) in [6.45, 7) is 13.0. The first-order chi connectivity index (χ1) is 16.1. The number of rotatable bonds is 5. The molecule has 34 heavy (non-hydrogen) atoms. The van der Waals surface area contributed by atoms with Crippen LogP contribution in [0.25, 0.3) is 5.57 Å². The molecule has 3 rings (SSSR count). The Morgan fingerprint density at radius 3 is 2.38 bits per heavy atom. The molecule has 0 aliphatic carbocycles. The second kappa shape index (κ2) is 12.4. The molecule has 4 nitrogen and oxygen atoms in total. The summed E-state index contributed by atoms with van der Waals surface area (Å²) in [5.74, 6) is 0.542. The zero-order chi connectivity index (χ0) is 25.3. The number of fused-ring (bicyclic) bond motifs is 1. The number of halogens is 1. The second-order valence-corrected chi connectivity index (χ2v) is 9.23. The van der Waals surface area contributed by atoms with Crippen LogP contribution in [-0.4, -0.2) is 25.0 Å². The van der Waals surface area contributed by atoms with E-state index in [2.05, 4.69) is 26.8 Å². The van der Waals surface area contributed by atoms with E-state index in [1.165, 1.54) is 6.08 Å². The number of carbonyl (C=O) groups is 2. The molecular formula is C29H33ClO4. The molecule has 0 saturated heterocycles. The summed E-state index contributed by atoms with van der Waals surface area (Å²) >= 11 is 5.89. The highest BCUT2D eigenvalue weighted by atomic mass is 35.5. The van der Waals surface area contributed by atoms with Crippen LogP contribution >= 0.6 is 11.6 Å². The zero-order valence-corrected chi connectivity index (χ0v) is 21.5. The molecule has 0 N–H and O–H groups in total. The Bertz CT molecular complexity index is 1110. The van der Waals surface area contributed by atoms with Gasteiger partial charge in [0.1, 0.15) is 5.75 Å². The smallest absolute Gasteiger partial charge is 0.330 e. The Labute approximate surface area is 207 Å². The lowest BCUT2D eigenvalue weighted by molar-refractivity contribution is -0.137. The number of benzene rings is 2. The van der Waals surface area contributed by atoms with Crippen LogP contribution in [0.4, 0.5) is 0 Å². The SMILES string of the molecule is C/C=C/C(C)=C/C(=O)OCC.CC1=CC(C)(C)COc2ccc(C(=O)c3ccc(Cl)cc3)cc21. The first-order valence-electron chi connectivity index (χ1n) is 11.3. The largest absolute Gasteiger partial charge is 0.492 e. The van der Waals surface area contributed by atoms with Crippen LogP contribution in [0.2, 0.25) is 5.02 Å². The van der Waals surface area contributed by atoms with Crippen molar-refractivity contribution in [3.05, 3.63) is 94.1 Å². The fraction of sp³-hybridized carbons (Fsp3) is 0.310. The van der Waals surface area contributed by atoms with E-state index >= 15 is 0 Å². The van der Waals surface area contributed by atoms with Crippen molar-refractivity contribution in [3.63, 3.8) is 0 Å². The number of ketones is 1. The lowest BCUT2D eigenvalue weighted by Gasteiger charge is -2.18. The highest BCUT2D eigenvalue weighted by Crippen LogP contribution is 2.35. The third kappa shape index (κ3) is 8.03. The van der Waals surface area contributed by atoms with E-state index < -0.39 is 0 Å². The van der Waals surface area contributed by atoms with Gasteiger partial charge in [0.2, 0.25) is 0 Å². The molecule has 0 saturated carbocycles. The van der Waals surface area contributed by atoms with Crippen molar-refractivity contribution in [1.82, 2.24) is 0 Å². The summed E-state index contributed by atoms with van der Waals surface area (Å²) in [7, 11) is 0. The number of ether oxygens (including phenoxy) is 2. The molecule has 0 bridgehead atoms. The molecule has 0 spiro atoms. The van der Waals surface area contributed by atoms with Crippen LogP contribution in [-0.2, 0) is 9.53 Å². The van der Waals surface area contributed by atoms with Crippen molar-refractivity contribution >= 4 is 28.9 Å². The molecule has 1 aliphatic rings. The molecule has 2 aromatic carbocycles. The molecule has 1 heterocycles. The standard InChI is InChI=1S/C20H19ClO2.C9H14O2/c1-13-11-20(2,3)12-23-18-9-6-15(10-17(13)18)19(22)14-4-7-16(21)8-5-14;1-4-6-8(3)7-9(10)11-5-2/h4-11H,12H2,1-3H3;4,6-7H,5H2,1-3H3/b;6-4+,8-7+. The lowest BCUT2D eigenvalue weighted by atomic mass is 9.90. The monoisotopic (exact) mass is 480 g/mol. The van der Waals surface area contributed by atoms with E-state index in [4.69, 9.17) is 21.1 Å². The fourth-order valence-electron chi connectivity index (χ4n) is 3.52. The molecule has 2 aromatic rings. The zero-order valence-electron chi connectivity index (χ0n) is 20.8. The second-order valence-electron chi connectivity index (χ2n) is 8.79. The summed E-state index contributed by atoms with van der Waals surface area (Å²) in [4.78, 5) is 23.5. The predicted molar refractivity (Wildman–Crippen MR) is 139 cm³/mol. The van der Waals surface area contributed by atoms with E-state index in [0.29, 0.717) is 29.4 Å². The van der Waals surface area contributed by atoms with Crippen LogP contribution in [0.1, 0.15) is 63.0 Å². The van der Waals surface area contributed by atoms with Gasteiger partial charge in [-0.3, -0.25) is 4.79 Å². The van der Waals surface area contributed by atoms with Crippen LogP contribution in [0, 0.1) is 5.41 Å². The minimum Gasteiger partial charge on any atom is -0.492 e. The van der Waals surface area contributed by atoms with Crippen molar-refractivity contribution in [2.45, 2.75) is 41.5 Å². The molecule has 0 aromatic heterocycles. The quantitative estimate of drug-likeness (QED) is 0.193. The van der Waals surface area contributed by atoms with E-state index in [0.717, 1.165) is 22.5 Å². The summed E-state index contributed by atoms with van der Waals surface area (Å²) < 4.78 is 10.6. The third-order valence-electron chi connectivity index (χ3n) is 5.04. The van der Waals surface area contributed by atoms with Gasteiger partial charge in [-0.15, -0.1) is 0 Å². The van der Waals surface area contributed by atoms with E-state index in [-0.39, 0.29) is 17.2 Å². The van der Waals surface area contributed by atoms with Crippen molar-refractivity contribution in [3.8, 4) is 5.75 Å². The van der Waals surface area contributed by atoms with Crippen molar-refractivity contribution in [1.29, 1.82) is 0 Å². The minimum absolute atomic E-state index is 0.0132. The van der Waals surface area contributed by atoms with Gasteiger partial charge in [0, 0.05) is 33.2 Å². The van der Waals surface area contributed by atoms with E-state index in [9.17, 15) is 9.59 Å². The van der Waals surface area contributed by atoms with Gasteiger partial charge in [-0.2, -0.15) is 0 Å². The van der Waals surface area contributed by atoms with E-state index in [1.807, 2.05) is 44.2 Å². The fourth-order valence-corrected chi connectivity index (χ4v) is 3.65. The van der Waals surface area contributed by atoms with Gasteiger partial charge in [-0.05, 0) is 81.3 Å². The molecule has 0 amide bonds. The Hall–Kier alpha value is -3.11. The summed E-state index contributed by atoms with van der Waals surface area (Å²) in [5, 5.41) is 0.623. The lowest BCUT2D eigenvalue weighted by Crippen LogP contribution is -2.17. The van der Waals surface area contributed by atoms with Crippen molar-refractivity contribution < 1.29 is 19.1 Å². The van der Waals surface area contributed by atoms with Gasteiger partial charge in [-0.1, -0.05) is 43.7 Å². The van der Waals surface area contributed by atoms with Gasteiger partial charge < -0.3 is 9.47 Å². The Balaban J connectivity index is 0.000000316. The molecule has 0 atom stereocenters. The van der Waals surface area contributed by atoms with E-state index in [1.54, 1.807) is 31.2 Å². The minimum atomic E-state index is -0.275. The van der Waals surface area contributed by atoms with Gasteiger partial charge in [0.05, 0.1) is 13.2 Å². The first-order valence-corrected chi connectivity index (χ1v) is 11.7. The highest BCUT2D eigenvalue weighted by Gasteiger charge is 2.23. The maximum absolute atomic E-state index is 12.7. The average Bonchev–Trinajstić information content (AvgIpc) is 2.89. The summed E-state index contributed by atoms with van der Waals surface area (Å²) in [6, 6.07) is 12.6. The molecule has 0 fully saturated rings. The molecular weight excluding hydrogens is 448 g/mol. The van der Waals surface area contributed by atoms with Crippen LogP contribution in [0.3, 0.4) is 0 Å². The van der Waals surface area contributed by atoms with Crippen molar-refractivity contribution in [2.75, 3.05) is 13.2 Å². The average molecular weight is 481 g/mol. The Morgan fingerprint density at radius 2 is 1.76 bits per heavy atom. The molecule has 1 aliphatic heterocycles. The molecule has 180 valence electrons. The summed E-state index contributed by atoms with van der Waals surface area (Å²) in [5.41, 5.74) is 4.28.